The number of fused-ring (bicyclic) bond motifs is 1. The Kier molecular flexibility index (Phi) is 5.71. The van der Waals surface area contributed by atoms with E-state index in [-0.39, 0.29) is 5.63 Å². The molecule has 0 saturated heterocycles. The highest BCUT2D eigenvalue weighted by atomic mass is 16.5. The summed E-state index contributed by atoms with van der Waals surface area (Å²) < 4.78 is 10.2. The Balaban J connectivity index is 1.78. The Hall–Kier alpha value is -2.34. The van der Waals surface area contributed by atoms with Crippen molar-refractivity contribution in [3.05, 3.63) is 40.2 Å². The van der Waals surface area contributed by atoms with Crippen molar-refractivity contribution < 1.29 is 13.9 Å². The highest BCUT2D eigenvalue weighted by Crippen LogP contribution is 2.23. The fourth-order valence-corrected chi connectivity index (χ4v) is 3.30. The molecule has 3 rings (SSSR count). The molecule has 0 spiro atoms. The molecular formula is C19H24N2O4. The van der Waals surface area contributed by atoms with E-state index >= 15 is 0 Å². The van der Waals surface area contributed by atoms with Crippen LogP contribution in [0.2, 0.25) is 0 Å². The second-order valence-electron chi connectivity index (χ2n) is 6.36. The van der Waals surface area contributed by atoms with Crippen LogP contribution in [0.15, 0.2) is 33.5 Å². The summed E-state index contributed by atoms with van der Waals surface area (Å²) >= 11 is 0. The summed E-state index contributed by atoms with van der Waals surface area (Å²) in [4.78, 5) is 23.4. The number of hydrogen-bond acceptors (Lipinski definition) is 5. The highest BCUT2D eigenvalue weighted by molar-refractivity contribution is 5.89. The molecule has 0 aliphatic heterocycles. The summed E-state index contributed by atoms with van der Waals surface area (Å²) in [5.41, 5.74) is 1.52. The van der Waals surface area contributed by atoms with E-state index in [0.717, 1.165) is 10.9 Å². The van der Waals surface area contributed by atoms with Crippen LogP contribution in [0.3, 0.4) is 0 Å². The lowest BCUT2D eigenvalue weighted by atomic mass is 9.95. The summed E-state index contributed by atoms with van der Waals surface area (Å²) in [7, 11) is 0. The minimum absolute atomic E-state index is 0.297. The van der Waals surface area contributed by atoms with Gasteiger partial charge in [0.1, 0.15) is 5.58 Å². The van der Waals surface area contributed by atoms with Crippen LogP contribution in [0.5, 0.6) is 0 Å². The third-order valence-corrected chi connectivity index (χ3v) is 4.54. The molecule has 2 aromatic rings. The predicted molar refractivity (Wildman–Crippen MR) is 96.8 cm³/mol. The largest absolute Gasteiger partial charge is 0.450 e. The normalized spacial score (nSPS) is 15.2. The van der Waals surface area contributed by atoms with Gasteiger partial charge in [-0.25, -0.2) is 9.59 Å². The molecule has 1 amide bonds. The maximum Gasteiger partial charge on any atom is 0.411 e. The Labute approximate surface area is 146 Å². The molecule has 1 fully saturated rings. The minimum atomic E-state index is -0.528. The van der Waals surface area contributed by atoms with Gasteiger partial charge < -0.3 is 14.5 Å². The molecular weight excluding hydrogens is 320 g/mol. The van der Waals surface area contributed by atoms with Gasteiger partial charge in [0.15, 0.2) is 0 Å². The van der Waals surface area contributed by atoms with Crippen molar-refractivity contribution >= 4 is 22.7 Å². The lowest BCUT2D eigenvalue weighted by Gasteiger charge is -2.23. The quantitative estimate of drug-likeness (QED) is 0.807. The standard InChI is InChI=1S/C19H24N2O4/c1-2-24-19(23)21-15-8-9-16-13(10-18(22)25-17(16)11-15)12-20-14-6-4-3-5-7-14/h8-11,14,20H,2-7,12H2,1H3,(H,21,23). The van der Waals surface area contributed by atoms with Crippen molar-refractivity contribution in [2.45, 2.75) is 51.6 Å². The number of nitrogens with one attached hydrogen (secondary N) is 2. The molecule has 6 heteroatoms. The van der Waals surface area contributed by atoms with Gasteiger partial charge in [-0.05, 0) is 37.5 Å². The number of carbonyl (C=O) groups excluding carboxylic acids is 1. The maximum atomic E-state index is 11.9. The molecule has 134 valence electrons. The monoisotopic (exact) mass is 344 g/mol. The number of ether oxygens (including phenoxy) is 1. The molecule has 1 aromatic heterocycles. The first-order valence-electron chi connectivity index (χ1n) is 8.89. The molecule has 0 radical (unpaired) electrons. The maximum absolute atomic E-state index is 11.9. The Morgan fingerprint density at radius 2 is 2.04 bits per heavy atom. The molecule has 1 aliphatic carbocycles. The number of amides is 1. The second kappa shape index (κ2) is 8.16. The van der Waals surface area contributed by atoms with Crippen molar-refractivity contribution in [3.8, 4) is 0 Å². The van der Waals surface area contributed by atoms with Crippen LogP contribution in [-0.2, 0) is 11.3 Å². The van der Waals surface area contributed by atoms with Crippen LogP contribution in [0.25, 0.3) is 11.0 Å². The molecule has 2 N–H and O–H groups in total. The van der Waals surface area contributed by atoms with Crippen molar-refractivity contribution in [2.24, 2.45) is 0 Å². The van der Waals surface area contributed by atoms with Gasteiger partial charge in [-0.1, -0.05) is 19.3 Å². The number of carbonyl (C=O) groups is 1. The van der Waals surface area contributed by atoms with E-state index in [1.54, 1.807) is 19.1 Å². The SMILES string of the molecule is CCOC(=O)Nc1ccc2c(CNC3CCCCC3)cc(=O)oc2c1. The first-order chi connectivity index (χ1) is 12.2. The molecule has 25 heavy (non-hydrogen) atoms. The third-order valence-electron chi connectivity index (χ3n) is 4.54. The van der Waals surface area contributed by atoms with E-state index < -0.39 is 6.09 Å². The lowest BCUT2D eigenvalue weighted by Crippen LogP contribution is -2.30. The summed E-state index contributed by atoms with van der Waals surface area (Å²) in [6, 6.07) is 7.34. The van der Waals surface area contributed by atoms with Crippen molar-refractivity contribution in [1.29, 1.82) is 0 Å². The number of benzene rings is 1. The fourth-order valence-electron chi connectivity index (χ4n) is 3.30. The van der Waals surface area contributed by atoms with Crippen molar-refractivity contribution in [1.82, 2.24) is 5.32 Å². The van der Waals surface area contributed by atoms with E-state index in [1.165, 1.54) is 38.2 Å². The number of anilines is 1. The zero-order valence-electron chi connectivity index (χ0n) is 14.5. The molecule has 1 saturated carbocycles. The van der Waals surface area contributed by atoms with Crippen LogP contribution in [0, 0.1) is 0 Å². The van der Waals surface area contributed by atoms with E-state index in [1.807, 2.05) is 6.07 Å². The van der Waals surface area contributed by atoms with Gasteiger partial charge in [0.2, 0.25) is 0 Å². The highest BCUT2D eigenvalue weighted by Gasteiger charge is 2.14. The van der Waals surface area contributed by atoms with Crippen LogP contribution in [0.4, 0.5) is 10.5 Å². The number of rotatable bonds is 5. The molecule has 6 nitrogen and oxygen atoms in total. The van der Waals surface area contributed by atoms with Gasteiger partial charge in [-0.15, -0.1) is 0 Å². The Morgan fingerprint density at radius 3 is 2.80 bits per heavy atom. The first kappa shape index (κ1) is 17.5. The second-order valence-corrected chi connectivity index (χ2v) is 6.36. The van der Waals surface area contributed by atoms with Gasteiger partial charge in [0.25, 0.3) is 0 Å². The van der Waals surface area contributed by atoms with Crippen LogP contribution >= 0.6 is 0 Å². The topological polar surface area (TPSA) is 80.6 Å². The van der Waals surface area contributed by atoms with E-state index in [4.69, 9.17) is 9.15 Å². The van der Waals surface area contributed by atoms with Gasteiger partial charge in [-0.3, -0.25) is 5.32 Å². The van der Waals surface area contributed by atoms with Crippen molar-refractivity contribution in [2.75, 3.05) is 11.9 Å². The summed E-state index contributed by atoms with van der Waals surface area (Å²) in [6.07, 6.45) is 5.68. The molecule has 1 aliphatic rings. The van der Waals surface area contributed by atoms with E-state index in [9.17, 15) is 9.59 Å². The molecule has 0 atom stereocenters. The Morgan fingerprint density at radius 1 is 1.24 bits per heavy atom. The van der Waals surface area contributed by atoms with E-state index in [0.29, 0.717) is 30.5 Å². The summed E-state index contributed by atoms with van der Waals surface area (Å²) in [6.45, 7) is 2.67. The van der Waals surface area contributed by atoms with Crippen LogP contribution in [0.1, 0.15) is 44.6 Å². The molecule has 1 heterocycles. The predicted octanol–water partition coefficient (Wildman–Crippen LogP) is 3.78. The zero-order chi connectivity index (χ0) is 17.6. The minimum Gasteiger partial charge on any atom is -0.450 e. The molecule has 1 aromatic carbocycles. The van der Waals surface area contributed by atoms with Crippen molar-refractivity contribution in [3.63, 3.8) is 0 Å². The summed E-state index contributed by atoms with van der Waals surface area (Å²) in [5, 5.41) is 7.04. The molecule has 0 unspecified atom stereocenters. The molecule has 0 bridgehead atoms. The number of hydrogen-bond donors (Lipinski definition) is 2. The van der Waals surface area contributed by atoms with E-state index in [2.05, 4.69) is 10.6 Å². The van der Waals surface area contributed by atoms with Gasteiger partial charge in [0.05, 0.1) is 6.61 Å². The smallest absolute Gasteiger partial charge is 0.411 e. The third kappa shape index (κ3) is 4.60. The Bertz CT molecular complexity index is 794. The average molecular weight is 344 g/mol. The lowest BCUT2D eigenvalue weighted by molar-refractivity contribution is 0.168. The van der Waals surface area contributed by atoms with Crippen LogP contribution < -0.4 is 16.3 Å². The van der Waals surface area contributed by atoms with Gasteiger partial charge in [-0.2, -0.15) is 0 Å². The van der Waals surface area contributed by atoms with Gasteiger partial charge in [0, 0.05) is 35.8 Å². The average Bonchev–Trinajstić information content (AvgIpc) is 2.60. The van der Waals surface area contributed by atoms with Crippen LogP contribution in [-0.4, -0.2) is 18.7 Å². The zero-order valence-corrected chi connectivity index (χ0v) is 14.5. The first-order valence-corrected chi connectivity index (χ1v) is 8.89. The fraction of sp³-hybridized carbons (Fsp3) is 0.474. The van der Waals surface area contributed by atoms with Gasteiger partial charge >= 0.3 is 11.7 Å². The summed E-state index contributed by atoms with van der Waals surface area (Å²) in [5.74, 6) is 0.